The highest BCUT2D eigenvalue weighted by Crippen LogP contribution is 2.54. The van der Waals surface area contributed by atoms with E-state index in [1.54, 1.807) is 0 Å². The third-order valence-electron chi connectivity index (χ3n) is 5.46. The highest BCUT2D eigenvalue weighted by molar-refractivity contribution is 7.81. The summed E-state index contributed by atoms with van der Waals surface area (Å²) in [6, 6.07) is 0. The summed E-state index contributed by atoms with van der Waals surface area (Å²) in [6.45, 7) is 0. The average molecular weight is 224 g/mol. The normalized spacial score (nSPS) is 44.2. The Kier molecular flexibility index (Phi) is 2.79. The molecule has 0 aliphatic heterocycles. The lowest BCUT2D eigenvalue weighted by Gasteiger charge is -2.51. The molecule has 4 fully saturated rings. The second-order valence-corrected chi connectivity index (χ2v) is 7.18. The highest BCUT2D eigenvalue weighted by atomic mass is 32.1. The van der Waals surface area contributed by atoms with Gasteiger partial charge < -0.3 is 0 Å². The molecule has 0 amide bonds. The molecule has 4 saturated carbocycles. The van der Waals surface area contributed by atoms with Gasteiger partial charge in [-0.2, -0.15) is 12.6 Å². The van der Waals surface area contributed by atoms with E-state index in [1.165, 1.54) is 64.2 Å². The Morgan fingerprint density at radius 2 is 1.53 bits per heavy atom. The van der Waals surface area contributed by atoms with Crippen molar-refractivity contribution in [3.8, 4) is 0 Å². The van der Waals surface area contributed by atoms with Gasteiger partial charge in [0.1, 0.15) is 0 Å². The molecule has 1 unspecified atom stereocenters. The van der Waals surface area contributed by atoms with Crippen LogP contribution in [0.4, 0.5) is 0 Å². The second-order valence-electron chi connectivity index (χ2n) is 6.29. The summed E-state index contributed by atoms with van der Waals surface area (Å²) >= 11 is 5.13. The Morgan fingerprint density at radius 1 is 0.867 bits per heavy atom. The minimum atomic E-state index is 0.446. The molecular weight excluding hydrogens is 200 g/mol. The van der Waals surface area contributed by atoms with Crippen molar-refractivity contribution in [2.45, 2.75) is 69.0 Å². The van der Waals surface area contributed by atoms with E-state index in [-0.39, 0.29) is 0 Å². The van der Waals surface area contributed by atoms with Gasteiger partial charge in [0.2, 0.25) is 0 Å². The number of rotatable bonds is 1. The van der Waals surface area contributed by atoms with Crippen molar-refractivity contribution >= 4 is 12.6 Å². The molecule has 0 aromatic heterocycles. The van der Waals surface area contributed by atoms with Gasteiger partial charge in [0.15, 0.2) is 0 Å². The first-order chi connectivity index (χ1) is 7.28. The minimum absolute atomic E-state index is 0.446. The van der Waals surface area contributed by atoms with Crippen LogP contribution in [0.2, 0.25) is 0 Å². The molecule has 1 heteroatoms. The Hall–Kier alpha value is 0.350. The van der Waals surface area contributed by atoms with Crippen LogP contribution in [-0.4, -0.2) is 4.75 Å². The first kappa shape index (κ1) is 10.5. The fourth-order valence-electron chi connectivity index (χ4n) is 4.57. The molecule has 15 heavy (non-hydrogen) atoms. The van der Waals surface area contributed by atoms with Gasteiger partial charge in [-0.1, -0.05) is 32.1 Å². The van der Waals surface area contributed by atoms with Gasteiger partial charge in [0.05, 0.1) is 0 Å². The summed E-state index contributed by atoms with van der Waals surface area (Å²) in [4.78, 5) is 0. The predicted molar refractivity (Wildman–Crippen MR) is 68.4 cm³/mol. The summed E-state index contributed by atoms with van der Waals surface area (Å²) in [6.07, 6.45) is 14.8. The zero-order valence-corrected chi connectivity index (χ0v) is 10.6. The smallest absolute Gasteiger partial charge is 0.0160 e. The van der Waals surface area contributed by atoms with E-state index >= 15 is 0 Å². The van der Waals surface area contributed by atoms with Crippen LogP contribution in [0.1, 0.15) is 64.2 Å². The number of thiol groups is 1. The SMILES string of the molecule is SC1(C2CC3CCC2CC3)CCCCC1. The van der Waals surface area contributed by atoms with Crippen LogP contribution < -0.4 is 0 Å². The molecule has 0 saturated heterocycles. The van der Waals surface area contributed by atoms with Crippen molar-refractivity contribution in [2.24, 2.45) is 17.8 Å². The van der Waals surface area contributed by atoms with Gasteiger partial charge in [-0.3, -0.25) is 0 Å². The first-order valence-electron chi connectivity index (χ1n) is 7.00. The van der Waals surface area contributed by atoms with Crippen LogP contribution in [0.5, 0.6) is 0 Å². The van der Waals surface area contributed by atoms with Crippen LogP contribution in [0.15, 0.2) is 0 Å². The molecule has 2 bridgehead atoms. The molecule has 4 aliphatic carbocycles. The maximum absolute atomic E-state index is 5.13. The zero-order valence-electron chi connectivity index (χ0n) is 9.75. The summed E-state index contributed by atoms with van der Waals surface area (Å²) in [5.74, 6) is 3.10. The van der Waals surface area contributed by atoms with E-state index in [0.717, 1.165) is 17.8 Å². The topological polar surface area (TPSA) is 0 Å². The van der Waals surface area contributed by atoms with E-state index in [0.29, 0.717) is 4.75 Å². The second kappa shape index (κ2) is 3.98. The third kappa shape index (κ3) is 1.85. The predicted octanol–water partition coefficient (Wildman–Crippen LogP) is 4.45. The third-order valence-corrected chi connectivity index (χ3v) is 6.24. The molecule has 1 atom stereocenters. The van der Waals surface area contributed by atoms with Crippen LogP contribution in [0.3, 0.4) is 0 Å². The average Bonchev–Trinajstić information content (AvgIpc) is 2.31. The van der Waals surface area contributed by atoms with E-state index in [4.69, 9.17) is 12.6 Å². The summed E-state index contributed by atoms with van der Waals surface area (Å²) < 4.78 is 0.446. The molecular formula is C14H24S. The maximum Gasteiger partial charge on any atom is 0.0160 e. The monoisotopic (exact) mass is 224 g/mol. The van der Waals surface area contributed by atoms with Crippen LogP contribution in [0, 0.1) is 17.8 Å². The maximum atomic E-state index is 5.13. The van der Waals surface area contributed by atoms with Crippen molar-refractivity contribution in [3.63, 3.8) is 0 Å². The van der Waals surface area contributed by atoms with Gasteiger partial charge in [0, 0.05) is 4.75 Å². The molecule has 0 aromatic rings. The Morgan fingerprint density at radius 3 is 2.07 bits per heavy atom. The minimum Gasteiger partial charge on any atom is -0.172 e. The Balaban J connectivity index is 1.75. The van der Waals surface area contributed by atoms with E-state index in [1.807, 2.05) is 0 Å². The quantitative estimate of drug-likeness (QED) is 0.625. The summed E-state index contributed by atoms with van der Waals surface area (Å²) in [7, 11) is 0. The van der Waals surface area contributed by atoms with E-state index in [2.05, 4.69) is 0 Å². The largest absolute Gasteiger partial charge is 0.172 e. The fourth-order valence-corrected chi connectivity index (χ4v) is 5.20. The lowest BCUT2D eigenvalue weighted by atomic mass is 9.58. The summed E-state index contributed by atoms with van der Waals surface area (Å²) in [5, 5.41) is 0. The Bertz CT molecular complexity index is 221. The van der Waals surface area contributed by atoms with E-state index < -0.39 is 0 Å². The van der Waals surface area contributed by atoms with Crippen molar-refractivity contribution in [2.75, 3.05) is 0 Å². The van der Waals surface area contributed by atoms with Crippen LogP contribution in [-0.2, 0) is 0 Å². The molecule has 4 rings (SSSR count). The molecule has 0 heterocycles. The van der Waals surface area contributed by atoms with Gasteiger partial charge in [-0.05, 0) is 49.9 Å². The van der Waals surface area contributed by atoms with Crippen LogP contribution in [0.25, 0.3) is 0 Å². The van der Waals surface area contributed by atoms with Crippen molar-refractivity contribution < 1.29 is 0 Å². The lowest BCUT2D eigenvalue weighted by molar-refractivity contribution is 0.0588. The zero-order chi connectivity index (χ0) is 10.3. The van der Waals surface area contributed by atoms with Crippen LogP contribution >= 0.6 is 12.6 Å². The van der Waals surface area contributed by atoms with E-state index in [9.17, 15) is 0 Å². The van der Waals surface area contributed by atoms with Gasteiger partial charge in [0.25, 0.3) is 0 Å². The van der Waals surface area contributed by atoms with Crippen molar-refractivity contribution in [1.29, 1.82) is 0 Å². The molecule has 0 aromatic carbocycles. The number of fused-ring (bicyclic) bond motifs is 3. The Labute approximate surface area is 99.6 Å². The lowest BCUT2D eigenvalue weighted by Crippen LogP contribution is -2.45. The molecule has 0 spiro atoms. The van der Waals surface area contributed by atoms with Crippen molar-refractivity contribution in [1.82, 2.24) is 0 Å². The standard InChI is InChI=1S/C14H24S/c15-14(8-2-1-3-9-14)13-10-11-4-6-12(13)7-5-11/h11-13,15H,1-10H2. The first-order valence-corrected chi connectivity index (χ1v) is 7.45. The van der Waals surface area contributed by atoms with Gasteiger partial charge in [-0.15, -0.1) is 0 Å². The van der Waals surface area contributed by atoms with Crippen molar-refractivity contribution in [3.05, 3.63) is 0 Å². The molecule has 0 nitrogen and oxygen atoms in total. The molecule has 86 valence electrons. The van der Waals surface area contributed by atoms with Gasteiger partial charge >= 0.3 is 0 Å². The van der Waals surface area contributed by atoms with Gasteiger partial charge in [-0.25, -0.2) is 0 Å². The fraction of sp³-hybridized carbons (Fsp3) is 1.00. The number of hydrogen-bond acceptors (Lipinski definition) is 1. The molecule has 4 aliphatic rings. The summed E-state index contributed by atoms with van der Waals surface area (Å²) in [5.41, 5.74) is 0. The molecule has 0 N–H and O–H groups in total. The highest BCUT2D eigenvalue weighted by Gasteiger charge is 2.46. The number of hydrogen-bond donors (Lipinski definition) is 1. The molecule has 0 radical (unpaired) electrons.